The predicted molar refractivity (Wildman–Crippen MR) is 118 cm³/mol. The molecule has 0 spiro atoms. The summed E-state index contributed by atoms with van der Waals surface area (Å²) in [5.41, 5.74) is 3.03. The zero-order valence-electron chi connectivity index (χ0n) is 17.4. The molecule has 3 heterocycles. The Balaban J connectivity index is 1.50. The molecule has 0 radical (unpaired) electrons. The van der Waals surface area contributed by atoms with Crippen LogP contribution in [0.15, 0.2) is 61.1 Å². The lowest BCUT2D eigenvalue weighted by Crippen LogP contribution is -1.99. The van der Waals surface area contributed by atoms with Crippen LogP contribution in [0.2, 0.25) is 0 Å². The molecule has 0 atom stereocenters. The monoisotopic (exact) mass is 430 g/mol. The van der Waals surface area contributed by atoms with Gasteiger partial charge >= 0.3 is 0 Å². The molecule has 1 N–H and O–H groups in total. The highest BCUT2D eigenvalue weighted by molar-refractivity contribution is 5.88. The Kier molecular flexibility index (Phi) is 5.03. The fraction of sp³-hybridized carbons (Fsp3) is 0.125. The van der Waals surface area contributed by atoms with Gasteiger partial charge in [0.25, 0.3) is 0 Å². The van der Waals surface area contributed by atoms with Crippen molar-refractivity contribution < 1.29 is 18.6 Å². The van der Waals surface area contributed by atoms with Crippen LogP contribution in [-0.4, -0.2) is 27.3 Å². The van der Waals surface area contributed by atoms with Crippen molar-refractivity contribution >= 4 is 21.8 Å². The molecule has 5 rings (SSSR count). The minimum atomic E-state index is -0.444. The van der Waals surface area contributed by atoms with Crippen LogP contribution >= 0.6 is 0 Å². The summed E-state index contributed by atoms with van der Waals surface area (Å²) in [5, 5.41) is 9.27. The SMILES string of the molecule is COc1cc2c(Oc3ccc4[nH]c(C)cc4c3F)cnnc2cc1OCc1cccnc1. The second-order valence-electron chi connectivity index (χ2n) is 7.27. The number of H-pyrrole nitrogens is 1. The lowest BCUT2D eigenvalue weighted by Gasteiger charge is -2.14. The number of hydrogen-bond acceptors (Lipinski definition) is 6. The fourth-order valence-electron chi connectivity index (χ4n) is 3.53. The van der Waals surface area contributed by atoms with Crippen LogP contribution in [0.25, 0.3) is 21.8 Å². The molecule has 160 valence electrons. The van der Waals surface area contributed by atoms with E-state index in [-0.39, 0.29) is 5.75 Å². The first kappa shape index (κ1) is 19.7. The zero-order valence-corrected chi connectivity index (χ0v) is 17.4. The minimum Gasteiger partial charge on any atom is -0.493 e. The van der Waals surface area contributed by atoms with Gasteiger partial charge in [0.2, 0.25) is 0 Å². The average Bonchev–Trinajstić information content (AvgIpc) is 3.21. The van der Waals surface area contributed by atoms with Gasteiger partial charge in [-0.3, -0.25) is 4.98 Å². The van der Waals surface area contributed by atoms with Crippen LogP contribution in [0.5, 0.6) is 23.0 Å². The highest BCUT2D eigenvalue weighted by Crippen LogP contribution is 2.38. The zero-order chi connectivity index (χ0) is 22.1. The topological polar surface area (TPSA) is 82.2 Å². The molecule has 0 aliphatic carbocycles. The number of aromatic amines is 1. The van der Waals surface area contributed by atoms with E-state index in [9.17, 15) is 0 Å². The molecule has 3 aromatic heterocycles. The Bertz CT molecular complexity index is 1420. The van der Waals surface area contributed by atoms with Crippen molar-refractivity contribution in [2.45, 2.75) is 13.5 Å². The number of methoxy groups -OCH3 is 1. The predicted octanol–water partition coefficient (Wildman–Crippen LogP) is 5.33. The van der Waals surface area contributed by atoms with Crippen molar-refractivity contribution in [1.82, 2.24) is 20.2 Å². The number of aromatic nitrogens is 4. The van der Waals surface area contributed by atoms with E-state index in [1.54, 1.807) is 49.8 Å². The summed E-state index contributed by atoms with van der Waals surface area (Å²) in [5.74, 6) is 1.02. The molecule has 0 saturated heterocycles. The quantitative estimate of drug-likeness (QED) is 0.392. The third-order valence-electron chi connectivity index (χ3n) is 5.06. The van der Waals surface area contributed by atoms with Crippen LogP contribution < -0.4 is 14.2 Å². The van der Waals surface area contributed by atoms with Gasteiger partial charge in [-0.15, -0.1) is 0 Å². The smallest absolute Gasteiger partial charge is 0.175 e. The number of nitrogens with zero attached hydrogens (tertiary/aromatic N) is 3. The summed E-state index contributed by atoms with van der Waals surface area (Å²) >= 11 is 0. The molecule has 0 unspecified atom stereocenters. The number of rotatable bonds is 6. The molecule has 5 aromatic rings. The minimum absolute atomic E-state index is 0.0988. The molecule has 2 aromatic carbocycles. The number of nitrogens with one attached hydrogen (secondary N) is 1. The number of halogens is 1. The van der Waals surface area contributed by atoms with E-state index < -0.39 is 5.82 Å². The maximum Gasteiger partial charge on any atom is 0.175 e. The lowest BCUT2D eigenvalue weighted by atomic mass is 10.2. The molecule has 0 bridgehead atoms. The van der Waals surface area contributed by atoms with Crippen LogP contribution in [0, 0.1) is 12.7 Å². The van der Waals surface area contributed by atoms with Gasteiger partial charge in [0.1, 0.15) is 12.1 Å². The molecule has 32 heavy (non-hydrogen) atoms. The number of fused-ring (bicyclic) bond motifs is 2. The van der Waals surface area contributed by atoms with E-state index in [2.05, 4.69) is 20.2 Å². The summed E-state index contributed by atoms with van der Waals surface area (Å²) in [4.78, 5) is 7.20. The van der Waals surface area contributed by atoms with E-state index in [0.717, 1.165) is 11.3 Å². The number of hydrogen-bond donors (Lipinski definition) is 1. The van der Waals surface area contributed by atoms with E-state index in [1.807, 2.05) is 19.1 Å². The van der Waals surface area contributed by atoms with Crippen LogP contribution in [0.4, 0.5) is 4.39 Å². The van der Waals surface area contributed by atoms with E-state index in [0.29, 0.717) is 45.7 Å². The molecule has 7 nitrogen and oxygen atoms in total. The van der Waals surface area contributed by atoms with Crippen LogP contribution in [0.1, 0.15) is 11.3 Å². The van der Waals surface area contributed by atoms with Gasteiger partial charge in [-0.2, -0.15) is 10.2 Å². The fourth-order valence-corrected chi connectivity index (χ4v) is 3.53. The van der Waals surface area contributed by atoms with Gasteiger partial charge in [0.15, 0.2) is 28.8 Å². The standard InChI is InChI=1S/C24H19FN4O3/c1-14-8-17-18(28-14)5-6-20(24(17)25)32-23-12-27-29-19-10-22(21(30-2)9-16(19)23)31-13-15-4-3-7-26-11-15/h3-12,28H,13H2,1-2H3. The maximum absolute atomic E-state index is 15.0. The lowest BCUT2D eigenvalue weighted by molar-refractivity contribution is 0.284. The molecule has 0 saturated carbocycles. The summed E-state index contributed by atoms with van der Waals surface area (Å²) in [6.07, 6.45) is 4.88. The molecule has 0 aliphatic heterocycles. The van der Waals surface area contributed by atoms with Gasteiger partial charge in [-0.1, -0.05) is 6.07 Å². The second-order valence-corrected chi connectivity index (χ2v) is 7.27. The van der Waals surface area contributed by atoms with E-state index >= 15 is 4.39 Å². The molecule has 0 amide bonds. The maximum atomic E-state index is 15.0. The van der Waals surface area contributed by atoms with E-state index in [1.165, 1.54) is 6.20 Å². The first-order valence-electron chi connectivity index (χ1n) is 9.93. The number of pyridine rings is 1. The van der Waals surface area contributed by atoms with Crippen molar-refractivity contribution in [3.05, 3.63) is 78.1 Å². The van der Waals surface area contributed by atoms with Gasteiger partial charge in [-0.25, -0.2) is 4.39 Å². The second kappa shape index (κ2) is 8.14. The van der Waals surface area contributed by atoms with Crippen molar-refractivity contribution in [2.24, 2.45) is 0 Å². The number of benzene rings is 2. The molecule has 0 fully saturated rings. The molecule has 0 aliphatic rings. The Labute approximate surface area is 182 Å². The van der Waals surface area contributed by atoms with Crippen LogP contribution in [0.3, 0.4) is 0 Å². The number of ether oxygens (including phenoxy) is 3. The summed E-state index contributed by atoms with van der Waals surface area (Å²) in [6, 6.07) is 12.3. The third kappa shape index (κ3) is 3.66. The highest BCUT2D eigenvalue weighted by atomic mass is 19.1. The highest BCUT2D eigenvalue weighted by Gasteiger charge is 2.16. The van der Waals surface area contributed by atoms with Crippen LogP contribution in [-0.2, 0) is 6.61 Å². The summed E-state index contributed by atoms with van der Waals surface area (Å²) in [7, 11) is 1.55. The average molecular weight is 430 g/mol. The van der Waals surface area contributed by atoms with Crippen molar-refractivity contribution in [2.75, 3.05) is 7.11 Å². The Morgan fingerprint density at radius 1 is 0.969 bits per heavy atom. The van der Waals surface area contributed by atoms with E-state index in [4.69, 9.17) is 14.2 Å². The van der Waals surface area contributed by atoms with Gasteiger partial charge in [-0.05, 0) is 37.3 Å². The Morgan fingerprint density at radius 3 is 2.69 bits per heavy atom. The largest absolute Gasteiger partial charge is 0.493 e. The Morgan fingerprint density at radius 2 is 1.88 bits per heavy atom. The molecule has 8 heteroatoms. The molecular weight excluding hydrogens is 411 g/mol. The first-order valence-corrected chi connectivity index (χ1v) is 9.93. The van der Waals surface area contributed by atoms with Gasteiger partial charge in [0, 0.05) is 40.6 Å². The van der Waals surface area contributed by atoms with Gasteiger partial charge in [0.05, 0.1) is 18.7 Å². The van der Waals surface area contributed by atoms with Crippen molar-refractivity contribution in [3.63, 3.8) is 0 Å². The Hall–Kier alpha value is -4.20. The normalized spacial score (nSPS) is 11.1. The van der Waals surface area contributed by atoms with Crippen molar-refractivity contribution in [1.29, 1.82) is 0 Å². The van der Waals surface area contributed by atoms with Gasteiger partial charge < -0.3 is 19.2 Å². The first-order chi connectivity index (χ1) is 15.6. The summed E-state index contributed by atoms with van der Waals surface area (Å²) in [6.45, 7) is 2.20. The number of aryl methyl sites for hydroxylation is 1. The third-order valence-corrected chi connectivity index (χ3v) is 5.06. The molecular formula is C24H19FN4O3. The summed E-state index contributed by atoms with van der Waals surface area (Å²) < 4.78 is 32.3. The van der Waals surface area contributed by atoms with Crippen molar-refractivity contribution in [3.8, 4) is 23.0 Å².